The van der Waals surface area contributed by atoms with E-state index in [9.17, 15) is 13.2 Å². The van der Waals surface area contributed by atoms with Crippen LogP contribution in [-0.4, -0.2) is 5.51 Å². The van der Waals surface area contributed by atoms with Gasteiger partial charge in [-0.1, -0.05) is 6.07 Å². The Labute approximate surface area is 115 Å². The van der Waals surface area contributed by atoms with Gasteiger partial charge in [-0.25, -0.2) is 0 Å². The van der Waals surface area contributed by atoms with E-state index in [1.807, 2.05) is 0 Å². The molecule has 1 heterocycles. The number of benzene rings is 1. The number of para-hydroxylation sites is 1. The fourth-order valence-corrected chi connectivity index (χ4v) is 3.16. The van der Waals surface area contributed by atoms with E-state index in [0.29, 0.717) is 15.4 Å². The van der Waals surface area contributed by atoms with Gasteiger partial charge < -0.3 is 4.42 Å². The van der Waals surface area contributed by atoms with Crippen molar-refractivity contribution in [3.8, 4) is 0 Å². The number of hydrogen-bond acceptors (Lipinski definition) is 2. The molecule has 86 valence electrons. The molecule has 0 spiro atoms. The Bertz CT molecular complexity index is 537. The van der Waals surface area contributed by atoms with Gasteiger partial charge in [0.2, 0.25) is 0 Å². The SMILES string of the molecule is FC(F)(F)Sc1c(I)oc2c(Br)cccc12. The summed E-state index contributed by atoms with van der Waals surface area (Å²) in [5.74, 6) is 0. The first-order chi connectivity index (χ1) is 7.38. The summed E-state index contributed by atoms with van der Waals surface area (Å²) in [6, 6.07) is 5.02. The molecule has 0 unspecified atom stereocenters. The first-order valence-electron chi connectivity index (χ1n) is 4.01. The fraction of sp³-hybridized carbons (Fsp3) is 0.111. The van der Waals surface area contributed by atoms with E-state index in [1.165, 1.54) is 0 Å². The van der Waals surface area contributed by atoms with Crippen molar-refractivity contribution in [2.45, 2.75) is 10.4 Å². The molecule has 0 fully saturated rings. The smallest absolute Gasteiger partial charge is 0.446 e. The highest BCUT2D eigenvalue weighted by Crippen LogP contribution is 2.45. The number of furan rings is 1. The normalized spacial score (nSPS) is 12.3. The zero-order valence-electron chi connectivity index (χ0n) is 7.44. The highest BCUT2D eigenvalue weighted by Gasteiger charge is 2.32. The predicted molar refractivity (Wildman–Crippen MR) is 68.5 cm³/mol. The van der Waals surface area contributed by atoms with Crippen LogP contribution in [0, 0.1) is 3.77 Å². The van der Waals surface area contributed by atoms with Crippen LogP contribution in [0.1, 0.15) is 0 Å². The molecule has 7 heteroatoms. The zero-order valence-corrected chi connectivity index (χ0v) is 12.0. The topological polar surface area (TPSA) is 13.1 Å². The van der Waals surface area contributed by atoms with Gasteiger partial charge in [-0.3, -0.25) is 0 Å². The molecule has 16 heavy (non-hydrogen) atoms. The van der Waals surface area contributed by atoms with Crippen molar-refractivity contribution in [2.75, 3.05) is 0 Å². The molecule has 0 aliphatic heterocycles. The average Bonchev–Trinajstić information content (AvgIpc) is 2.44. The van der Waals surface area contributed by atoms with Gasteiger partial charge in [-0.15, -0.1) is 0 Å². The van der Waals surface area contributed by atoms with E-state index in [0.717, 1.165) is 0 Å². The average molecular weight is 423 g/mol. The van der Waals surface area contributed by atoms with Crippen LogP contribution in [0.5, 0.6) is 0 Å². The second-order valence-electron chi connectivity index (χ2n) is 2.87. The molecule has 0 bridgehead atoms. The van der Waals surface area contributed by atoms with Gasteiger partial charge >= 0.3 is 5.51 Å². The number of thioether (sulfide) groups is 1. The Morgan fingerprint density at radius 2 is 2.00 bits per heavy atom. The molecule has 0 radical (unpaired) electrons. The number of alkyl halides is 3. The van der Waals surface area contributed by atoms with E-state index < -0.39 is 5.51 Å². The minimum absolute atomic E-state index is 0.115. The minimum atomic E-state index is -4.31. The van der Waals surface area contributed by atoms with E-state index >= 15 is 0 Å². The number of fused-ring (bicyclic) bond motifs is 1. The van der Waals surface area contributed by atoms with Gasteiger partial charge in [0.05, 0.1) is 9.37 Å². The highest BCUT2D eigenvalue weighted by atomic mass is 127. The van der Waals surface area contributed by atoms with Crippen LogP contribution in [-0.2, 0) is 0 Å². The van der Waals surface area contributed by atoms with Crippen LogP contribution in [0.4, 0.5) is 13.2 Å². The Kier molecular flexibility index (Phi) is 3.47. The van der Waals surface area contributed by atoms with Crippen molar-refractivity contribution in [1.82, 2.24) is 0 Å². The molecular formula is C9H3BrF3IOS. The van der Waals surface area contributed by atoms with Crippen LogP contribution >= 0.6 is 50.3 Å². The van der Waals surface area contributed by atoms with Gasteiger partial charge in [0.25, 0.3) is 0 Å². The first kappa shape index (κ1) is 12.6. The third-order valence-electron chi connectivity index (χ3n) is 1.80. The molecule has 0 N–H and O–H groups in total. The first-order valence-corrected chi connectivity index (χ1v) is 6.69. The zero-order chi connectivity index (χ0) is 11.9. The maximum Gasteiger partial charge on any atom is 0.446 e. The van der Waals surface area contributed by atoms with Crippen molar-refractivity contribution in [2.24, 2.45) is 0 Å². The molecule has 2 rings (SSSR count). The maximum atomic E-state index is 12.3. The van der Waals surface area contributed by atoms with Crippen molar-refractivity contribution >= 4 is 61.3 Å². The summed E-state index contributed by atoms with van der Waals surface area (Å²) < 4.78 is 43.2. The Balaban J connectivity index is 2.61. The summed E-state index contributed by atoms with van der Waals surface area (Å²) in [6.07, 6.45) is 0. The van der Waals surface area contributed by atoms with Gasteiger partial charge in [0.1, 0.15) is 0 Å². The van der Waals surface area contributed by atoms with E-state index in [4.69, 9.17) is 4.42 Å². The van der Waals surface area contributed by atoms with E-state index in [-0.39, 0.29) is 20.4 Å². The van der Waals surface area contributed by atoms with Gasteiger partial charge in [-0.05, 0) is 39.8 Å². The maximum absolute atomic E-state index is 12.3. The molecular weight excluding hydrogens is 420 g/mol. The summed E-state index contributed by atoms with van der Waals surface area (Å²) in [5.41, 5.74) is -3.86. The molecule has 2 aromatic rings. The molecule has 0 aliphatic rings. The van der Waals surface area contributed by atoms with Crippen LogP contribution in [0.3, 0.4) is 0 Å². The van der Waals surface area contributed by atoms with Crippen molar-refractivity contribution in [3.63, 3.8) is 0 Å². The predicted octanol–water partition coefficient (Wildman–Crippen LogP) is 5.41. The molecule has 1 nitrogen and oxygen atoms in total. The Morgan fingerprint density at radius 3 is 2.62 bits per heavy atom. The Morgan fingerprint density at radius 1 is 1.31 bits per heavy atom. The number of hydrogen-bond donors (Lipinski definition) is 0. The molecule has 1 aromatic carbocycles. The second kappa shape index (κ2) is 4.41. The minimum Gasteiger partial charge on any atom is -0.448 e. The lowest BCUT2D eigenvalue weighted by atomic mass is 10.3. The van der Waals surface area contributed by atoms with Crippen LogP contribution in [0.15, 0.2) is 32.0 Å². The van der Waals surface area contributed by atoms with Gasteiger partial charge in [-0.2, -0.15) is 13.2 Å². The summed E-state index contributed by atoms with van der Waals surface area (Å²) in [4.78, 5) is 0.115. The van der Waals surface area contributed by atoms with E-state index in [2.05, 4.69) is 15.9 Å². The molecule has 0 amide bonds. The van der Waals surface area contributed by atoms with E-state index in [1.54, 1.807) is 40.8 Å². The Hall–Kier alpha value is 0.110. The van der Waals surface area contributed by atoms with Crippen LogP contribution in [0.25, 0.3) is 11.0 Å². The van der Waals surface area contributed by atoms with Crippen molar-refractivity contribution in [3.05, 3.63) is 26.4 Å². The largest absolute Gasteiger partial charge is 0.448 e. The lowest BCUT2D eigenvalue weighted by molar-refractivity contribution is -0.0328. The second-order valence-corrected chi connectivity index (χ2v) is 5.78. The summed E-state index contributed by atoms with van der Waals surface area (Å²) in [7, 11) is 0. The quantitative estimate of drug-likeness (QED) is 0.450. The number of rotatable bonds is 1. The van der Waals surface area contributed by atoms with Crippen LogP contribution in [0.2, 0.25) is 0 Å². The third-order valence-corrected chi connectivity index (χ3v) is 4.39. The number of halogens is 5. The standard InChI is InChI=1S/C9H3BrF3IOS/c10-5-3-1-2-4-6(5)15-8(14)7(4)16-9(11,12)13/h1-3H. The molecule has 0 saturated carbocycles. The van der Waals surface area contributed by atoms with Gasteiger partial charge in [0, 0.05) is 28.0 Å². The van der Waals surface area contributed by atoms with Crippen LogP contribution < -0.4 is 0 Å². The molecule has 1 aromatic heterocycles. The third kappa shape index (κ3) is 2.51. The molecule has 0 aliphatic carbocycles. The fourth-order valence-electron chi connectivity index (χ4n) is 1.24. The molecule has 0 atom stereocenters. The molecule has 0 saturated heterocycles. The van der Waals surface area contributed by atoms with Crippen molar-refractivity contribution < 1.29 is 17.6 Å². The lowest BCUT2D eigenvalue weighted by Crippen LogP contribution is -1.99. The summed E-state index contributed by atoms with van der Waals surface area (Å²) in [6.45, 7) is 0. The lowest BCUT2D eigenvalue weighted by Gasteiger charge is -2.03. The summed E-state index contributed by atoms with van der Waals surface area (Å²) >= 11 is 4.85. The highest BCUT2D eigenvalue weighted by molar-refractivity contribution is 14.1. The summed E-state index contributed by atoms with van der Waals surface area (Å²) in [5, 5.41) is 0.473. The van der Waals surface area contributed by atoms with Gasteiger partial charge in [0.15, 0.2) is 9.35 Å². The van der Waals surface area contributed by atoms with Crippen molar-refractivity contribution in [1.29, 1.82) is 0 Å². The monoisotopic (exact) mass is 422 g/mol.